The zero-order valence-electron chi connectivity index (χ0n) is 8.81. The predicted molar refractivity (Wildman–Crippen MR) is 60.4 cm³/mol. The van der Waals surface area contributed by atoms with E-state index in [1.165, 1.54) is 12.1 Å². The molecule has 0 fully saturated rings. The lowest BCUT2D eigenvalue weighted by atomic mass is 10.0. The van der Waals surface area contributed by atoms with Crippen LogP contribution in [0.3, 0.4) is 0 Å². The van der Waals surface area contributed by atoms with Crippen LogP contribution >= 0.6 is 11.6 Å². The van der Waals surface area contributed by atoms with E-state index in [4.69, 9.17) is 11.6 Å². The third-order valence-corrected chi connectivity index (χ3v) is 2.45. The second kappa shape index (κ2) is 5.39. The Morgan fingerprint density at radius 2 is 1.81 bits per heavy atom. The number of hydrogen-bond donors (Lipinski definition) is 0. The molecule has 0 aliphatic carbocycles. The summed E-state index contributed by atoms with van der Waals surface area (Å²) in [4.78, 5) is 0. The standard InChI is InChI=1S/C12H12ClF3/c1-9(3-2-8-13)10-4-6-11(7-5-10)12(14,15)16/h3-7H,2,8H2,1H3/b9-3+. The van der Waals surface area contributed by atoms with Crippen molar-refractivity contribution in [3.8, 4) is 0 Å². The zero-order valence-corrected chi connectivity index (χ0v) is 9.57. The largest absolute Gasteiger partial charge is 0.416 e. The lowest BCUT2D eigenvalue weighted by Gasteiger charge is -2.07. The van der Waals surface area contributed by atoms with Gasteiger partial charge in [-0.25, -0.2) is 0 Å². The summed E-state index contributed by atoms with van der Waals surface area (Å²) in [6.07, 6.45) is -1.64. The number of alkyl halides is 4. The van der Waals surface area contributed by atoms with Gasteiger partial charge in [-0.3, -0.25) is 0 Å². The minimum atomic E-state index is -4.27. The van der Waals surface area contributed by atoms with Crippen LogP contribution in [0.4, 0.5) is 13.2 Å². The molecule has 0 saturated carbocycles. The fourth-order valence-corrected chi connectivity index (χ4v) is 1.42. The maximum absolute atomic E-state index is 12.3. The number of allylic oxidation sites excluding steroid dienone is 2. The molecule has 1 rings (SSSR count). The monoisotopic (exact) mass is 248 g/mol. The Balaban J connectivity index is 2.87. The summed E-state index contributed by atoms with van der Waals surface area (Å²) in [6, 6.07) is 5.13. The first kappa shape index (κ1) is 13.1. The molecule has 0 saturated heterocycles. The number of benzene rings is 1. The van der Waals surface area contributed by atoms with Crippen molar-refractivity contribution in [1.82, 2.24) is 0 Å². The Kier molecular flexibility index (Phi) is 4.42. The van der Waals surface area contributed by atoms with E-state index in [9.17, 15) is 13.2 Å². The average Bonchev–Trinajstić information content (AvgIpc) is 2.25. The third kappa shape index (κ3) is 3.56. The van der Waals surface area contributed by atoms with Crippen LogP contribution in [-0.4, -0.2) is 5.88 Å². The second-order valence-corrected chi connectivity index (χ2v) is 3.82. The van der Waals surface area contributed by atoms with Crippen molar-refractivity contribution in [2.45, 2.75) is 19.5 Å². The molecule has 0 amide bonds. The highest BCUT2D eigenvalue weighted by molar-refractivity contribution is 6.17. The molecule has 1 aromatic rings. The van der Waals surface area contributed by atoms with Gasteiger partial charge in [0, 0.05) is 5.88 Å². The lowest BCUT2D eigenvalue weighted by molar-refractivity contribution is -0.137. The van der Waals surface area contributed by atoms with Gasteiger partial charge in [0.1, 0.15) is 0 Å². The molecule has 0 unspecified atom stereocenters. The van der Waals surface area contributed by atoms with E-state index in [0.29, 0.717) is 12.3 Å². The summed E-state index contributed by atoms with van der Waals surface area (Å²) in [6.45, 7) is 1.86. The van der Waals surface area contributed by atoms with Gasteiger partial charge in [-0.1, -0.05) is 18.2 Å². The first-order valence-electron chi connectivity index (χ1n) is 4.85. The highest BCUT2D eigenvalue weighted by atomic mass is 35.5. The van der Waals surface area contributed by atoms with Crippen LogP contribution < -0.4 is 0 Å². The summed E-state index contributed by atoms with van der Waals surface area (Å²) < 4.78 is 36.9. The summed E-state index contributed by atoms with van der Waals surface area (Å²) >= 11 is 5.52. The van der Waals surface area contributed by atoms with Gasteiger partial charge in [0.05, 0.1) is 5.56 Å². The first-order valence-corrected chi connectivity index (χ1v) is 5.39. The Morgan fingerprint density at radius 3 is 2.25 bits per heavy atom. The summed E-state index contributed by atoms with van der Waals surface area (Å²) in [5.41, 5.74) is 1.11. The van der Waals surface area contributed by atoms with E-state index < -0.39 is 11.7 Å². The topological polar surface area (TPSA) is 0 Å². The third-order valence-electron chi connectivity index (χ3n) is 2.23. The lowest BCUT2D eigenvalue weighted by Crippen LogP contribution is -2.04. The van der Waals surface area contributed by atoms with Gasteiger partial charge in [0.25, 0.3) is 0 Å². The molecule has 0 bridgehead atoms. The molecule has 0 aliphatic heterocycles. The molecular formula is C12H12ClF3. The molecule has 0 heterocycles. The smallest absolute Gasteiger partial charge is 0.166 e. The van der Waals surface area contributed by atoms with Crippen LogP contribution in [0.5, 0.6) is 0 Å². The average molecular weight is 249 g/mol. The van der Waals surface area contributed by atoms with Crippen LogP contribution in [0.2, 0.25) is 0 Å². The Morgan fingerprint density at radius 1 is 1.25 bits per heavy atom. The fraction of sp³-hybridized carbons (Fsp3) is 0.333. The van der Waals surface area contributed by atoms with Crippen molar-refractivity contribution >= 4 is 17.2 Å². The molecule has 0 atom stereocenters. The number of hydrogen-bond acceptors (Lipinski definition) is 0. The maximum atomic E-state index is 12.3. The van der Waals surface area contributed by atoms with Gasteiger partial charge in [0.2, 0.25) is 0 Å². The van der Waals surface area contributed by atoms with Crippen LogP contribution in [0.1, 0.15) is 24.5 Å². The predicted octanol–water partition coefficient (Wildman–Crippen LogP) is 4.74. The van der Waals surface area contributed by atoms with E-state index >= 15 is 0 Å². The SMILES string of the molecule is C/C(=C\CCCl)c1ccc(C(F)(F)F)cc1. The minimum absolute atomic E-state index is 0.512. The molecule has 1 aromatic carbocycles. The normalized spacial score (nSPS) is 12.9. The first-order chi connectivity index (χ1) is 7.45. The molecule has 0 N–H and O–H groups in total. The van der Waals surface area contributed by atoms with Crippen molar-refractivity contribution in [1.29, 1.82) is 0 Å². The van der Waals surface area contributed by atoms with Crippen molar-refractivity contribution in [3.63, 3.8) is 0 Å². The van der Waals surface area contributed by atoms with Crippen LogP contribution in [-0.2, 0) is 6.18 Å². The minimum Gasteiger partial charge on any atom is -0.166 e. The van der Waals surface area contributed by atoms with Gasteiger partial charge in [-0.2, -0.15) is 13.2 Å². The molecule has 16 heavy (non-hydrogen) atoms. The summed E-state index contributed by atoms with van der Waals surface area (Å²) in [7, 11) is 0. The molecule has 0 aliphatic rings. The van der Waals surface area contributed by atoms with E-state index in [-0.39, 0.29) is 0 Å². The fourth-order valence-electron chi connectivity index (χ4n) is 1.31. The summed E-state index contributed by atoms with van der Waals surface area (Å²) in [5.74, 6) is 0.512. The molecule has 4 heteroatoms. The Hall–Kier alpha value is -0.960. The van der Waals surface area contributed by atoms with Crippen molar-refractivity contribution < 1.29 is 13.2 Å². The van der Waals surface area contributed by atoms with Gasteiger partial charge < -0.3 is 0 Å². The highest BCUT2D eigenvalue weighted by Crippen LogP contribution is 2.30. The van der Waals surface area contributed by atoms with E-state index in [0.717, 1.165) is 23.3 Å². The van der Waals surface area contributed by atoms with Gasteiger partial charge >= 0.3 is 6.18 Å². The molecular weight excluding hydrogens is 237 g/mol. The molecule has 0 radical (unpaired) electrons. The second-order valence-electron chi connectivity index (χ2n) is 3.44. The maximum Gasteiger partial charge on any atom is 0.416 e. The van der Waals surface area contributed by atoms with Gasteiger partial charge in [-0.15, -0.1) is 11.6 Å². The Bertz CT molecular complexity index is 363. The zero-order chi connectivity index (χ0) is 12.2. The highest BCUT2D eigenvalue weighted by Gasteiger charge is 2.29. The van der Waals surface area contributed by atoms with Crippen molar-refractivity contribution in [3.05, 3.63) is 41.5 Å². The van der Waals surface area contributed by atoms with Crippen LogP contribution in [0.25, 0.3) is 5.57 Å². The molecule has 0 nitrogen and oxygen atoms in total. The van der Waals surface area contributed by atoms with E-state index in [1.54, 1.807) is 0 Å². The number of halogens is 4. The van der Waals surface area contributed by atoms with Crippen LogP contribution in [0.15, 0.2) is 30.3 Å². The van der Waals surface area contributed by atoms with Crippen LogP contribution in [0, 0.1) is 0 Å². The molecule has 0 spiro atoms. The van der Waals surface area contributed by atoms with E-state index in [1.807, 2.05) is 13.0 Å². The summed E-state index contributed by atoms with van der Waals surface area (Å²) in [5, 5.41) is 0. The van der Waals surface area contributed by atoms with Gasteiger partial charge in [-0.05, 0) is 36.6 Å². The molecule has 0 aromatic heterocycles. The van der Waals surface area contributed by atoms with Gasteiger partial charge in [0.15, 0.2) is 0 Å². The van der Waals surface area contributed by atoms with Crippen molar-refractivity contribution in [2.75, 3.05) is 5.88 Å². The van der Waals surface area contributed by atoms with E-state index in [2.05, 4.69) is 0 Å². The Labute approximate surface area is 97.7 Å². The van der Waals surface area contributed by atoms with Crippen molar-refractivity contribution in [2.24, 2.45) is 0 Å². The molecule has 88 valence electrons. The number of rotatable bonds is 3. The quantitative estimate of drug-likeness (QED) is 0.678.